The molecule has 106 valence electrons. The molecular formula is C15H22O4. The van der Waals surface area contributed by atoms with Gasteiger partial charge in [-0.15, -0.1) is 0 Å². The van der Waals surface area contributed by atoms with Gasteiger partial charge in [-0.05, 0) is 38.5 Å². The van der Waals surface area contributed by atoms with E-state index in [9.17, 15) is 9.59 Å². The molecule has 0 radical (unpaired) electrons. The fourth-order valence-corrected chi connectivity index (χ4v) is 3.44. The summed E-state index contributed by atoms with van der Waals surface area (Å²) in [5.41, 5.74) is -0.569. The van der Waals surface area contributed by atoms with Gasteiger partial charge in [-0.1, -0.05) is 13.5 Å². The number of ether oxygens (including phenoxy) is 2. The summed E-state index contributed by atoms with van der Waals surface area (Å²) in [6.07, 6.45) is 5.12. The van der Waals surface area contributed by atoms with Crippen LogP contribution in [-0.2, 0) is 19.1 Å². The summed E-state index contributed by atoms with van der Waals surface area (Å²) in [7, 11) is 0. The minimum absolute atomic E-state index is 0.0138. The molecule has 0 aromatic heterocycles. The van der Waals surface area contributed by atoms with E-state index in [2.05, 4.69) is 6.58 Å². The van der Waals surface area contributed by atoms with E-state index in [-0.39, 0.29) is 18.0 Å². The van der Waals surface area contributed by atoms with Crippen LogP contribution in [0.5, 0.6) is 0 Å². The quantitative estimate of drug-likeness (QED) is 0.582. The number of fused-ring (bicyclic) bond motifs is 2. The van der Waals surface area contributed by atoms with Crippen molar-refractivity contribution in [2.75, 3.05) is 0 Å². The molecule has 1 saturated carbocycles. The molecule has 0 aromatic carbocycles. The van der Waals surface area contributed by atoms with Crippen molar-refractivity contribution in [3.63, 3.8) is 0 Å². The van der Waals surface area contributed by atoms with Crippen LogP contribution in [0.15, 0.2) is 12.7 Å². The Hall–Kier alpha value is -1.32. The molecule has 19 heavy (non-hydrogen) atoms. The van der Waals surface area contributed by atoms with E-state index in [1.165, 1.54) is 6.08 Å². The van der Waals surface area contributed by atoms with Crippen molar-refractivity contribution in [3.8, 4) is 0 Å². The lowest BCUT2D eigenvalue weighted by Crippen LogP contribution is -2.41. The molecule has 4 unspecified atom stereocenters. The Labute approximate surface area is 114 Å². The Morgan fingerprint density at radius 3 is 2.89 bits per heavy atom. The highest BCUT2D eigenvalue weighted by molar-refractivity contribution is 5.81. The summed E-state index contributed by atoms with van der Waals surface area (Å²) < 4.78 is 11.0. The van der Waals surface area contributed by atoms with Gasteiger partial charge >= 0.3 is 11.9 Å². The second-order valence-electron chi connectivity index (χ2n) is 5.98. The van der Waals surface area contributed by atoms with Crippen LogP contribution >= 0.6 is 0 Å². The summed E-state index contributed by atoms with van der Waals surface area (Å²) >= 11 is 0. The molecule has 4 atom stereocenters. The Balaban J connectivity index is 2.14. The fraction of sp³-hybridized carbons (Fsp3) is 0.733. The van der Waals surface area contributed by atoms with Gasteiger partial charge in [-0.2, -0.15) is 0 Å². The number of carbonyl (C=O) groups is 2. The minimum Gasteiger partial charge on any atom is -0.462 e. The number of rotatable bonds is 3. The largest absolute Gasteiger partial charge is 0.462 e. The third-order valence-electron chi connectivity index (χ3n) is 4.20. The zero-order valence-electron chi connectivity index (χ0n) is 11.7. The van der Waals surface area contributed by atoms with Crippen LogP contribution in [0, 0.1) is 11.8 Å². The molecule has 4 heteroatoms. The van der Waals surface area contributed by atoms with E-state index in [1.807, 2.05) is 13.8 Å². The Morgan fingerprint density at radius 1 is 1.53 bits per heavy atom. The van der Waals surface area contributed by atoms with Crippen LogP contribution in [-0.4, -0.2) is 23.6 Å². The molecule has 2 bridgehead atoms. The predicted molar refractivity (Wildman–Crippen MR) is 70.3 cm³/mol. The molecule has 1 saturated heterocycles. The van der Waals surface area contributed by atoms with E-state index < -0.39 is 11.6 Å². The van der Waals surface area contributed by atoms with Gasteiger partial charge in [0.1, 0.15) is 11.7 Å². The summed E-state index contributed by atoms with van der Waals surface area (Å²) in [6, 6.07) is 0. The van der Waals surface area contributed by atoms with E-state index in [0.717, 1.165) is 25.7 Å². The van der Waals surface area contributed by atoms with E-state index in [4.69, 9.17) is 9.47 Å². The molecule has 1 heterocycles. The monoisotopic (exact) mass is 266 g/mol. The molecule has 0 aromatic rings. The first-order valence-electron chi connectivity index (χ1n) is 7.01. The summed E-state index contributed by atoms with van der Waals surface area (Å²) in [5, 5.41) is 0. The molecule has 2 fully saturated rings. The van der Waals surface area contributed by atoms with Crippen molar-refractivity contribution in [1.29, 1.82) is 0 Å². The zero-order chi connectivity index (χ0) is 14.0. The number of hydrogen-bond acceptors (Lipinski definition) is 4. The number of hydrogen-bond donors (Lipinski definition) is 0. The molecule has 2 rings (SSSR count). The third-order valence-corrected chi connectivity index (χ3v) is 4.20. The number of carbonyl (C=O) groups excluding carboxylic acids is 2. The lowest BCUT2D eigenvalue weighted by Gasteiger charge is -2.39. The molecule has 1 aliphatic heterocycles. The molecule has 2 aliphatic rings. The van der Waals surface area contributed by atoms with Gasteiger partial charge in [0.05, 0.1) is 5.92 Å². The van der Waals surface area contributed by atoms with Crippen LogP contribution in [0.3, 0.4) is 0 Å². The van der Waals surface area contributed by atoms with Crippen LogP contribution in [0.1, 0.15) is 46.0 Å². The third kappa shape index (κ3) is 3.17. The van der Waals surface area contributed by atoms with Crippen LogP contribution in [0.2, 0.25) is 0 Å². The molecular weight excluding hydrogens is 244 g/mol. The summed E-state index contributed by atoms with van der Waals surface area (Å²) in [4.78, 5) is 23.5. The van der Waals surface area contributed by atoms with Gasteiger partial charge in [0.2, 0.25) is 0 Å². The van der Waals surface area contributed by atoms with Gasteiger partial charge < -0.3 is 9.47 Å². The highest BCUT2D eigenvalue weighted by Gasteiger charge is 2.45. The van der Waals surface area contributed by atoms with Crippen LogP contribution < -0.4 is 0 Å². The first kappa shape index (κ1) is 14.1. The molecule has 0 N–H and O–H groups in total. The molecule has 1 aliphatic carbocycles. The highest BCUT2D eigenvalue weighted by Crippen LogP contribution is 2.43. The zero-order valence-corrected chi connectivity index (χ0v) is 11.7. The first-order valence-corrected chi connectivity index (χ1v) is 7.01. The Bertz CT molecular complexity index is 390. The van der Waals surface area contributed by atoms with Gasteiger partial charge in [0, 0.05) is 12.5 Å². The van der Waals surface area contributed by atoms with Crippen molar-refractivity contribution < 1.29 is 19.1 Å². The SMILES string of the molecule is C=CC(=O)OC1(C)CC2CC(CC)OC(=O)C(C2)C1. The normalized spacial score (nSPS) is 38.0. The standard InChI is InChI=1S/C15H22O4/c1-4-12-7-10-6-11(14(17)18-12)9-15(3,8-10)19-13(16)5-2/h5,10-12H,2,4,6-9H2,1,3H3. The van der Waals surface area contributed by atoms with Crippen LogP contribution in [0.4, 0.5) is 0 Å². The maximum atomic E-state index is 12.1. The average Bonchev–Trinajstić information content (AvgIpc) is 2.46. The van der Waals surface area contributed by atoms with E-state index in [1.54, 1.807) is 0 Å². The Kier molecular flexibility index (Phi) is 3.97. The second-order valence-corrected chi connectivity index (χ2v) is 5.98. The van der Waals surface area contributed by atoms with Crippen molar-refractivity contribution in [2.24, 2.45) is 11.8 Å². The molecule has 0 spiro atoms. The minimum atomic E-state index is -0.569. The lowest BCUT2D eigenvalue weighted by molar-refractivity contribution is -0.165. The highest BCUT2D eigenvalue weighted by atomic mass is 16.6. The second kappa shape index (κ2) is 5.35. The van der Waals surface area contributed by atoms with E-state index in [0.29, 0.717) is 12.3 Å². The van der Waals surface area contributed by atoms with Gasteiger partial charge in [0.25, 0.3) is 0 Å². The van der Waals surface area contributed by atoms with Crippen molar-refractivity contribution >= 4 is 11.9 Å². The smallest absolute Gasteiger partial charge is 0.330 e. The van der Waals surface area contributed by atoms with Gasteiger partial charge in [-0.3, -0.25) is 4.79 Å². The van der Waals surface area contributed by atoms with Crippen molar-refractivity contribution in [1.82, 2.24) is 0 Å². The Morgan fingerprint density at radius 2 is 2.26 bits per heavy atom. The molecule has 0 amide bonds. The topological polar surface area (TPSA) is 52.6 Å². The maximum Gasteiger partial charge on any atom is 0.330 e. The lowest BCUT2D eigenvalue weighted by atomic mass is 9.72. The van der Waals surface area contributed by atoms with Gasteiger partial charge in [0.15, 0.2) is 0 Å². The molecule has 4 nitrogen and oxygen atoms in total. The summed E-state index contributed by atoms with van der Waals surface area (Å²) in [6.45, 7) is 7.36. The number of cyclic esters (lactones) is 1. The number of esters is 2. The average molecular weight is 266 g/mol. The van der Waals surface area contributed by atoms with E-state index >= 15 is 0 Å². The van der Waals surface area contributed by atoms with Gasteiger partial charge in [-0.25, -0.2) is 4.79 Å². The summed E-state index contributed by atoms with van der Waals surface area (Å²) in [5.74, 6) is -0.299. The van der Waals surface area contributed by atoms with Crippen LogP contribution in [0.25, 0.3) is 0 Å². The predicted octanol–water partition coefficient (Wildman–Crippen LogP) is 2.62. The first-order chi connectivity index (χ1) is 8.95. The van der Waals surface area contributed by atoms with Crippen molar-refractivity contribution in [2.45, 2.75) is 57.7 Å². The fourth-order valence-electron chi connectivity index (χ4n) is 3.44. The van der Waals surface area contributed by atoms with Crippen molar-refractivity contribution in [3.05, 3.63) is 12.7 Å². The maximum absolute atomic E-state index is 12.1.